The highest BCUT2D eigenvalue weighted by atomic mass is 32.2. The lowest BCUT2D eigenvalue weighted by Gasteiger charge is -2.26. The molecule has 1 atom stereocenters. The van der Waals surface area contributed by atoms with E-state index < -0.39 is 22.9 Å². The van der Waals surface area contributed by atoms with Crippen molar-refractivity contribution in [1.29, 1.82) is 0 Å². The highest BCUT2D eigenvalue weighted by molar-refractivity contribution is 8.15. The van der Waals surface area contributed by atoms with E-state index >= 15 is 0 Å². The van der Waals surface area contributed by atoms with E-state index in [1.54, 1.807) is 77.4 Å². The van der Waals surface area contributed by atoms with Gasteiger partial charge in [0.2, 0.25) is 5.91 Å². The van der Waals surface area contributed by atoms with Crippen LogP contribution in [-0.4, -0.2) is 61.6 Å². The zero-order chi connectivity index (χ0) is 35.2. The molecule has 256 valence electrons. The maximum Gasteiger partial charge on any atom is 0.414 e. The topological polar surface area (TPSA) is 142 Å². The number of ether oxygens (including phenoxy) is 5. The summed E-state index contributed by atoms with van der Waals surface area (Å²) >= 11 is 0.968. The van der Waals surface area contributed by atoms with Gasteiger partial charge in [0.15, 0.2) is 13.4 Å². The van der Waals surface area contributed by atoms with Crippen molar-refractivity contribution in [2.75, 3.05) is 37.8 Å². The lowest BCUT2D eigenvalue weighted by atomic mass is 10.0. The lowest BCUT2D eigenvalue weighted by molar-refractivity contribution is -0.119. The molecule has 13 heteroatoms. The highest BCUT2D eigenvalue weighted by Crippen LogP contribution is 2.38. The number of amides is 4. The maximum atomic E-state index is 13.1. The van der Waals surface area contributed by atoms with Crippen LogP contribution in [0.3, 0.4) is 0 Å². The fraction of sp³-hybridized carbons (Fsp3) is 0.371. The summed E-state index contributed by atoms with van der Waals surface area (Å²) in [6.07, 6.45) is -0.226. The molecule has 1 heterocycles. The number of aryl methyl sites for hydroxylation is 1. The van der Waals surface area contributed by atoms with Gasteiger partial charge < -0.3 is 29.0 Å². The van der Waals surface area contributed by atoms with Gasteiger partial charge in [-0.1, -0.05) is 23.9 Å². The van der Waals surface area contributed by atoms with E-state index in [-0.39, 0.29) is 24.5 Å². The predicted molar refractivity (Wildman–Crippen MR) is 183 cm³/mol. The monoisotopic (exact) mass is 679 g/mol. The minimum atomic E-state index is -0.745. The molecule has 3 aromatic carbocycles. The van der Waals surface area contributed by atoms with Gasteiger partial charge in [0, 0.05) is 20.2 Å². The molecule has 1 aliphatic rings. The van der Waals surface area contributed by atoms with Crippen molar-refractivity contribution in [3.05, 3.63) is 70.8 Å². The van der Waals surface area contributed by atoms with Gasteiger partial charge in [-0.15, -0.1) is 0 Å². The molecular formula is C35H41N3O9S. The van der Waals surface area contributed by atoms with Gasteiger partial charge in [-0.25, -0.2) is 4.79 Å². The Bertz CT molecular complexity index is 1690. The summed E-state index contributed by atoms with van der Waals surface area (Å²) in [6, 6.07) is 13.8. The second-order valence-electron chi connectivity index (χ2n) is 12.2. The average molecular weight is 680 g/mol. The summed E-state index contributed by atoms with van der Waals surface area (Å²) in [6.45, 7) is 10.9. The van der Waals surface area contributed by atoms with Crippen LogP contribution in [0.1, 0.15) is 43.0 Å². The van der Waals surface area contributed by atoms with Gasteiger partial charge in [-0.05, 0) is 101 Å². The SMILES string of the molecule is COCOc1c(C)cc(Oc2ccc(NC(=O)COc3ccc(CC4SC(=O)NC4=O)cc3)c(N(C)C(=O)OC(C)(C)C)c2)c(C)c1C. The third-order valence-electron chi connectivity index (χ3n) is 7.28. The summed E-state index contributed by atoms with van der Waals surface area (Å²) in [5, 5.41) is 4.27. The Morgan fingerprint density at radius 1 is 0.958 bits per heavy atom. The molecule has 1 aliphatic heterocycles. The molecule has 12 nitrogen and oxygen atoms in total. The van der Waals surface area contributed by atoms with Crippen molar-refractivity contribution in [3.63, 3.8) is 0 Å². The second-order valence-corrected chi connectivity index (χ2v) is 13.4. The number of thioether (sulfide) groups is 1. The number of nitrogens with zero attached hydrogens (tertiary/aromatic N) is 1. The number of imide groups is 1. The van der Waals surface area contributed by atoms with Crippen LogP contribution in [0.2, 0.25) is 0 Å². The summed E-state index contributed by atoms with van der Waals surface area (Å²) in [4.78, 5) is 50.7. The number of rotatable bonds is 12. The quantitative estimate of drug-likeness (QED) is 0.199. The van der Waals surface area contributed by atoms with Gasteiger partial charge in [-0.2, -0.15) is 0 Å². The van der Waals surface area contributed by atoms with Crippen LogP contribution in [-0.2, 0) is 25.5 Å². The fourth-order valence-corrected chi connectivity index (χ4v) is 5.64. The molecule has 0 spiro atoms. The van der Waals surface area contributed by atoms with Gasteiger partial charge in [0.25, 0.3) is 11.1 Å². The smallest absolute Gasteiger partial charge is 0.414 e. The third-order valence-corrected chi connectivity index (χ3v) is 8.26. The summed E-state index contributed by atoms with van der Waals surface area (Å²) in [5.41, 5.74) is 3.43. The molecule has 0 radical (unpaired) electrons. The molecule has 1 unspecified atom stereocenters. The minimum Gasteiger partial charge on any atom is -0.484 e. The normalized spacial score (nSPS) is 14.3. The standard InChI is InChI=1S/C35H41N3O9S/c1-20-15-28(21(2)22(3)31(20)45-19-43-8)46-25-13-14-26(27(17-25)38(7)34(42)47-35(4,5)6)36-30(39)18-44-24-11-9-23(10-12-24)16-29-32(40)37-33(41)48-29/h9-15,17,29H,16,18-19H2,1-8H3,(H,36,39)(H,37,40,41). The Morgan fingerprint density at radius 3 is 2.27 bits per heavy atom. The van der Waals surface area contributed by atoms with E-state index in [0.29, 0.717) is 35.0 Å². The number of carbonyl (C=O) groups is 4. The van der Waals surface area contributed by atoms with Gasteiger partial charge in [0.1, 0.15) is 28.6 Å². The molecule has 3 aromatic rings. The Morgan fingerprint density at radius 2 is 1.65 bits per heavy atom. The van der Waals surface area contributed by atoms with Crippen LogP contribution in [0.4, 0.5) is 21.0 Å². The zero-order valence-corrected chi connectivity index (χ0v) is 29.2. The number of nitrogens with one attached hydrogen (secondary N) is 2. The number of hydrogen-bond donors (Lipinski definition) is 2. The van der Waals surface area contributed by atoms with E-state index in [1.165, 1.54) is 4.90 Å². The molecule has 0 aromatic heterocycles. The van der Waals surface area contributed by atoms with Crippen molar-refractivity contribution in [2.24, 2.45) is 0 Å². The molecule has 2 N–H and O–H groups in total. The Labute approximate surface area is 284 Å². The average Bonchev–Trinajstić information content (AvgIpc) is 3.34. The zero-order valence-electron chi connectivity index (χ0n) is 28.3. The number of hydrogen-bond acceptors (Lipinski definition) is 10. The van der Waals surface area contributed by atoms with E-state index in [0.717, 1.165) is 39.8 Å². The number of benzene rings is 3. The number of carbonyl (C=O) groups excluding carboxylic acids is 4. The van der Waals surface area contributed by atoms with Crippen molar-refractivity contribution < 1.29 is 42.9 Å². The van der Waals surface area contributed by atoms with Crippen LogP contribution in [0.5, 0.6) is 23.0 Å². The Kier molecular flexibility index (Phi) is 11.6. The van der Waals surface area contributed by atoms with Gasteiger partial charge in [0.05, 0.1) is 16.6 Å². The van der Waals surface area contributed by atoms with Crippen molar-refractivity contribution >= 4 is 46.3 Å². The fourth-order valence-electron chi connectivity index (χ4n) is 4.78. The number of anilines is 2. The van der Waals surface area contributed by atoms with Crippen LogP contribution < -0.4 is 29.7 Å². The van der Waals surface area contributed by atoms with Gasteiger partial charge in [-0.3, -0.25) is 24.6 Å². The Balaban J connectivity index is 1.49. The minimum absolute atomic E-state index is 0.122. The van der Waals surface area contributed by atoms with E-state index in [9.17, 15) is 19.2 Å². The first-order valence-electron chi connectivity index (χ1n) is 15.2. The molecule has 1 fully saturated rings. The summed E-state index contributed by atoms with van der Waals surface area (Å²) < 4.78 is 28.4. The second kappa shape index (κ2) is 15.4. The van der Waals surface area contributed by atoms with Crippen molar-refractivity contribution in [2.45, 2.75) is 58.8 Å². The largest absolute Gasteiger partial charge is 0.484 e. The molecule has 0 aliphatic carbocycles. The first-order valence-corrected chi connectivity index (χ1v) is 16.1. The maximum absolute atomic E-state index is 13.1. The molecule has 1 saturated heterocycles. The molecule has 48 heavy (non-hydrogen) atoms. The van der Waals surface area contributed by atoms with Crippen LogP contribution >= 0.6 is 11.8 Å². The lowest BCUT2D eigenvalue weighted by Crippen LogP contribution is -2.34. The van der Waals surface area contributed by atoms with E-state index in [2.05, 4.69) is 10.6 Å². The first-order chi connectivity index (χ1) is 22.6. The first kappa shape index (κ1) is 36.1. The predicted octanol–water partition coefficient (Wildman–Crippen LogP) is 6.67. The van der Waals surface area contributed by atoms with E-state index in [1.807, 2.05) is 26.8 Å². The molecular weight excluding hydrogens is 638 g/mol. The van der Waals surface area contributed by atoms with Crippen molar-refractivity contribution in [1.82, 2.24) is 5.32 Å². The molecule has 0 saturated carbocycles. The van der Waals surface area contributed by atoms with Crippen LogP contribution in [0, 0.1) is 20.8 Å². The van der Waals surface area contributed by atoms with Crippen molar-refractivity contribution in [3.8, 4) is 23.0 Å². The molecule has 0 bridgehead atoms. The molecule has 4 rings (SSSR count). The number of methoxy groups -OCH3 is 1. The summed E-state index contributed by atoms with van der Waals surface area (Å²) in [5.74, 6) is 1.44. The summed E-state index contributed by atoms with van der Waals surface area (Å²) in [7, 11) is 3.11. The third kappa shape index (κ3) is 9.41. The highest BCUT2D eigenvalue weighted by Gasteiger charge is 2.31. The Hall–Kier alpha value is -4.75. The van der Waals surface area contributed by atoms with Crippen LogP contribution in [0.25, 0.3) is 0 Å². The van der Waals surface area contributed by atoms with E-state index in [4.69, 9.17) is 23.7 Å². The van der Waals surface area contributed by atoms with Gasteiger partial charge >= 0.3 is 6.09 Å². The van der Waals surface area contributed by atoms with Crippen LogP contribution in [0.15, 0.2) is 48.5 Å². The molecule has 4 amide bonds.